The van der Waals surface area contributed by atoms with Crippen molar-refractivity contribution in [3.05, 3.63) is 71.8 Å². The summed E-state index contributed by atoms with van der Waals surface area (Å²) in [6.07, 6.45) is 0.657. The van der Waals surface area contributed by atoms with Crippen LogP contribution in [0.1, 0.15) is 83.9 Å². The predicted octanol–water partition coefficient (Wildman–Crippen LogP) is 6.31. The first-order valence-electron chi connectivity index (χ1n) is 12.1. The molecule has 0 amide bonds. The molecule has 6 heteroatoms. The van der Waals surface area contributed by atoms with Gasteiger partial charge in [-0.15, -0.1) is 0 Å². The standard InChI is InChI=1S/C29H39NO4S/c1-28(2,3)33-25(31)18-22(27(32)34-29(4,5)6)17-23(35)19-24(20-13-9-7-10-14-20)26(30)21-15-11-8-12-16-21/h7-16,22,24,26H,17-19,30H2,1-6H3/t22-,24-,26-/m1/s1. The van der Waals surface area contributed by atoms with Crippen molar-refractivity contribution in [2.24, 2.45) is 11.7 Å². The van der Waals surface area contributed by atoms with E-state index < -0.39 is 29.1 Å². The molecule has 2 N–H and O–H groups in total. The van der Waals surface area contributed by atoms with Crippen molar-refractivity contribution in [1.29, 1.82) is 0 Å². The molecule has 2 rings (SSSR count). The van der Waals surface area contributed by atoms with E-state index in [4.69, 9.17) is 27.4 Å². The molecule has 0 radical (unpaired) electrons. The van der Waals surface area contributed by atoms with Gasteiger partial charge >= 0.3 is 11.9 Å². The van der Waals surface area contributed by atoms with Gasteiger partial charge in [0.1, 0.15) is 11.2 Å². The van der Waals surface area contributed by atoms with E-state index in [1.807, 2.05) is 60.7 Å². The van der Waals surface area contributed by atoms with Crippen molar-refractivity contribution in [2.45, 2.75) is 84.0 Å². The van der Waals surface area contributed by atoms with Gasteiger partial charge in [-0.3, -0.25) is 9.59 Å². The quantitative estimate of drug-likeness (QED) is 0.306. The molecular weight excluding hydrogens is 458 g/mol. The second-order valence-corrected chi connectivity index (χ2v) is 11.5. The van der Waals surface area contributed by atoms with Gasteiger partial charge in [0, 0.05) is 12.0 Å². The number of esters is 2. The number of carbonyl (C=O) groups excluding carboxylic acids is 2. The monoisotopic (exact) mass is 497 g/mol. The lowest BCUT2D eigenvalue weighted by Gasteiger charge is -2.28. The summed E-state index contributed by atoms with van der Waals surface area (Å²) in [7, 11) is 0. The van der Waals surface area contributed by atoms with Crippen LogP contribution in [-0.2, 0) is 19.1 Å². The number of hydrogen-bond acceptors (Lipinski definition) is 6. The Bertz CT molecular complexity index is 977. The maximum Gasteiger partial charge on any atom is 0.310 e. The molecule has 0 aliphatic heterocycles. The Labute approximate surface area is 215 Å². The van der Waals surface area contributed by atoms with Crippen LogP contribution in [0.15, 0.2) is 60.7 Å². The smallest absolute Gasteiger partial charge is 0.310 e. The third kappa shape index (κ3) is 10.3. The Balaban J connectivity index is 2.24. The van der Waals surface area contributed by atoms with Crippen molar-refractivity contribution in [3.8, 4) is 0 Å². The molecular formula is C29H39NO4S. The van der Waals surface area contributed by atoms with Gasteiger partial charge in [0.25, 0.3) is 0 Å². The summed E-state index contributed by atoms with van der Waals surface area (Å²) < 4.78 is 11.1. The van der Waals surface area contributed by atoms with E-state index in [1.165, 1.54) is 0 Å². The van der Waals surface area contributed by atoms with Crippen molar-refractivity contribution < 1.29 is 19.1 Å². The molecule has 0 unspecified atom stereocenters. The largest absolute Gasteiger partial charge is 0.460 e. The molecule has 0 aliphatic carbocycles. The number of hydrogen-bond donors (Lipinski definition) is 1. The second kappa shape index (κ2) is 12.4. The minimum atomic E-state index is -0.721. The van der Waals surface area contributed by atoms with E-state index in [1.54, 1.807) is 41.5 Å². The number of carbonyl (C=O) groups is 2. The van der Waals surface area contributed by atoms with Gasteiger partial charge in [-0.2, -0.15) is 0 Å². The van der Waals surface area contributed by atoms with Gasteiger partial charge in [-0.25, -0.2) is 0 Å². The molecule has 0 fully saturated rings. The zero-order valence-electron chi connectivity index (χ0n) is 21.7. The number of nitrogens with two attached hydrogens (primary N) is 1. The molecule has 3 atom stereocenters. The Hall–Kier alpha value is -2.57. The lowest BCUT2D eigenvalue weighted by molar-refractivity contribution is -0.167. The van der Waals surface area contributed by atoms with Crippen LogP contribution in [0.4, 0.5) is 0 Å². The van der Waals surface area contributed by atoms with Crippen LogP contribution in [0, 0.1) is 5.92 Å². The highest BCUT2D eigenvalue weighted by molar-refractivity contribution is 7.80. The molecule has 0 saturated heterocycles. The maximum atomic E-state index is 13.0. The maximum absolute atomic E-state index is 13.0. The van der Waals surface area contributed by atoms with Crippen LogP contribution in [-0.4, -0.2) is 28.0 Å². The first-order chi connectivity index (χ1) is 16.2. The number of benzene rings is 2. The molecule has 0 bridgehead atoms. The number of thiocarbonyl (C=S) groups is 1. The minimum Gasteiger partial charge on any atom is -0.460 e. The van der Waals surface area contributed by atoms with E-state index in [9.17, 15) is 9.59 Å². The molecule has 5 nitrogen and oxygen atoms in total. The number of rotatable bonds is 10. The average molecular weight is 498 g/mol. The molecule has 0 saturated carbocycles. The average Bonchev–Trinajstić information content (AvgIpc) is 2.75. The summed E-state index contributed by atoms with van der Waals surface area (Å²) in [5.41, 5.74) is 7.49. The summed E-state index contributed by atoms with van der Waals surface area (Å²) in [5.74, 6) is -1.70. The molecule has 0 spiro atoms. The molecule has 2 aromatic rings. The SMILES string of the molecule is CC(C)(C)OC(=O)C[C@@H](CC(=S)C[C@H](c1ccccc1)[C@H](N)c1ccccc1)C(=O)OC(C)(C)C. The van der Waals surface area contributed by atoms with Gasteiger partial charge in [0.2, 0.25) is 0 Å². The minimum absolute atomic E-state index is 0.0769. The molecule has 0 aliphatic rings. The first kappa shape index (κ1) is 28.7. The van der Waals surface area contributed by atoms with E-state index in [0.29, 0.717) is 11.3 Å². The van der Waals surface area contributed by atoms with Crippen LogP contribution >= 0.6 is 12.2 Å². The Morgan fingerprint density at radius 2 is 1.26 bits per heavy atom. The van der Waals surface area contributed by atoms with E-state index >= 15 is 0 Å². The second-order valence-electron chi connectivity index (χ2n) is 10.9. The molecule has 35 heavy (non-hydrogen) atoms. The highest BCUT2D eigenvalue weighted by atomic mass is 32.1. The van der Waals surface area contributed by atoms with Crippen molar-refractivity contribution in [1.82, 2.24) is 0 Å². The lowest BCUT2D eigenvalue weighted by atomic mass is 9.83. The highest BCUT2D eigenvalue weighted by Gasteiger charge is 2.32. The molecule has 0 aromatic heterocycles. The van der Waals surface area contributed by atoms with Crippen LogP contribution in [0.2, 0.25) is 0 Å². The van der Waals surface area contributed by atoms with E-state index in [2.05, 4.69) is 0 Å². The van der Waals surface area contributed by atoms with Gasteiger partial charge in [0.15, 0.2) is 0 Å². The van der Waals surface area contributed by atoms with Gasteiger partial charge < -0.3 is 15.2 Å². The fourth-order valence-electron chi connectivity index (χ4n) is 3.87. The van der Waals surface area contributed by atoms with Crippen molar-refractivity contribution >= 4 is 29.0 Å². The summed E-state index contributed by atoms with van der Waals surface area (Å²) in [6.45, 7) is 10.8. The Morgan fingerprint density at radius 3 is 1.74 bits per heavy atom. The topological polar surface area (TPSA) is 78.6 Å². The zero-order chi connectivity index (χ0) is 26.2. The zero-order valence-corrected chi connectivity index (χ0v) is 22.6. The first-order valence-corrected chi connectivity index (χ1v) is 12.5. The molecule has 0 heterocycles. The van der Waals surface area contributed by atoms with E-state index in [0.717, 1.165) is 11.1 Å². The molecule has 2 aromatic carbocycles. The Kier molecular flexibility index (Phi) is 10.2. The Morgan fingerprint density at radius 1 is 0.771 bits per heavy atom. The predicted molar refractivity (Wildman–Crippen MR) is 144 cm³/mol. The van der Waals surface area contributed by atoms with Gasteiger partial charge in [0.05, 0.1) is 12.3 Å². The third-order valence-electron chi connectivity index (χ3n) is 5.34. The van der Waals surface area contributed by atoms with Crippen molar-refractivity contribution in [2.75, 3.05) is 0 Å². The van der Waals surface area contributed by atoms with Crippen molar-refractivity contribution in [3.63, 3.8) is 0 Å². The molecule has 190 valence electrons. The highest BCUT2D eigenvalue weighted by Crippen LogP contribution is 2.34. The number of ether oxygens (including phenoxy) is 2. The van der Waals surface area contributed by atoms with Gasteiger partial charge in [-0.1, -0.05) is 72.9 Å². The summed E-state index contributed by atoms with van der Waals surface area (Å²) >= 11 is 5.78. The van der Waals surface area contributed by atoms with Crippen LogP contribution in [0.3, 0.4) is 0 Å². The van der Waals surface area contributed by atoms with E-state index in [-0.39, 0.29) is 24.8 Å². The van der Waals surface area contributed by atoms with Gasteiger partial charge in [-0.05, 0) is 70.4 Å². The fraction of sp³-hybridized carbons (Fsp3) is 0.483. The summed E-state index contributed by atoms with van der Waals surface area (Å²) in [6, 6.07) is 19.7. The fourth-order valence-corrected chi connectivity index (χ4v) is 4.25. The van der Waals surface area contributed by atoms with Crippen LogP contribution in [0.25, 0.3) is 0 Å². The van der Waals surface area contributed by atoms with Crippen LogP contribution in [0.5, 0.6) is 0 Å². The lowest BCUT2D eigenvalue weighted by Crippen LogP contribution is -2.33. The van der Waals surface area contributed by atoms with Crippen LogP contribution < -0.4 is 5.73 Å². The summed E-state index contributed by atoms with van der Waals surface area (Å²) in [5, 5.41) is 0. The normalized spacial score (nSPS) is 14.5. The summed E-state index contributed by atoms with van der Waals surface area (Å²) in [4.78, 5) is 26.2. The third-order valence-corrected chi connectivity index (χ3v) is 5.67.